The zero-order valence-corrected chi connectivity index (χ0v) is 11.9. The van der Waals surface area contributed by atoms with Crippen LogP contribution in [0.15, 0.2) is 9.85 Å². The lowest BCUT2D eigenvalue weighted by Crippen LogP contribution is -2.02. The highest BCUT2D eigenvalue weighted by Crippen LogP contribution is 2.40. The van der Waals surface area contributed by atoms with Crippen LogP contribution in [-0.2, 0) is 4.74 Å². The predicted molar refractivity (Wildman–Crippen MR) is 69.2 cm³/mol. The van der Waals surface area contributed by atoms with E-state index < -0.39 is 0 Å². The molecule has 1 aromatic rings. The molecule has 1 aliphatic heterocycles. The molecule has 0 aliphatic carbocycles. The second kappa shape index (κ2) is 5.37. The summed E-state index contributed by atoms with van der Waals surface area (Å²) in [5, 5.41) is 0.814. The van der Waals surface area contributed by atoms with E-state index in [0.717, 1.165) is 39.7 Å². The largest absolute Gasteiger partial charge is 0.381 e. The van der Waals surface area contributed by atoms with Gasteiger partial charge in [-0.15, -0.1) is 22.9 Å². The predicted octanol–water partition coefficient (Wildman–Crippen LogP) is 4.87. The lowest BCUT2D eigenvalue weighted by Gasteiger charge is -2.11. The highest BCUT2D eigenvalue weighted by atomic mass is 79.9. The lowest BCUT2D eigenvalue weighted by atomic mass is 10.0. The van der Waals surface area contributed by atoms with Crippen molar-refractivity contribution < 1.29 is 4.74 Å². The van der Waals surface area contributed by atoms with E-state index in [1.165, 1.54) is 0 Å². The van der Waals surface area contributed by atoms with Crippen molar-refractivity contribution in [3.8, 4) is 0 Å². The van der Waals surface area contributed by atoms with Gasteiger partial charge in [-0.05, 0) is 40.8 Å². The van der Waals surface area contributed by atoms with Gasteiger partial charge in [0.2, 0.25) is 0 Å². The molecule has 0 amide bonds. The van der Waals surface area contributed by atoms with E-state index in [4.69, 9.17) is 27.9 Å². The van der Waals surface area contributed by atoms with Gasteiger partial charge in [0, 0.05) is 18.1 Å². The van der Waals surface area contributed by atoms with E-state index >= 15 is 0 Å². The van der Waals surface area contributed by atoms with Crippen molar-refractivity contribution in [3.05, 3.63) is 19.8 Å². The maximum Gasteiger partial charge on any atom is 0.0887 e. The summed E-state index contributed by atoms with van der Waals surface area (Å²) in [4.78, 5) is 1.14. The molecule has 1 saturated heterocycles. The van der Waals surface area contributed by atoms with Crippen molar-refractivity contribution >= 4 is 50.5 Å². The van der Waals surface area contributed by atoms with E-state index in [-0.39, 0.29) is 5.38 Å². The maximum absolute atomic E-state index is 6.35. The fraction of sp³-hybridized carbons (Fsp3) is 0.600. The van der Waals surface area contributed by atoms with Crippen molar-refractivity contribution in [1.82, 2.24) is 0 Å². The van der Waals surface area contributed by atoms with Gasteiger partial charge < -0.3 is 4.74 Å². The molecule has 5 heteroatoms. The van der Waals surface area contributed by atoms with Gasteiger partial charge in [0.15, 0.2) is 0 Å². The average molecular weight is 330 g/mol. The Balaban J connectivity index is 1.97. The third-order valence-corrected chi connectivity index (χ3v) is 5.67. The molecule has 0 N–H and O–H groups in total. The van der Waals surface area contributed by atoms with Crippen molar-refractivity contribution in [3.63, 3.8) is 0 Å². The zero-order chi connectivity index (χ0) is 10.8. The number of ether oxygens (including phenoxy) is 1. The highest BCUT2D eigenvalue weighted by molar-refractivity contribution is 9.11. The van der Waals surface area contributed by atoms with Crippen molar-refractivity contribution in [2.45, 2.75) is 18.2 Å². The molecule has 1 aliphatic rings. The Bertz CT molecular complexity index is 317. The number of hydrogen-bond acceptors (Lipinski definition) is 2. The van der Waals surface area contributed by atoms with Gasteiger partial charge in [-0.25, -0.2) is 0 Å². The van der Waals surface area contributed by atoms with Crippen LogP contribution < -0.4 is 0 Å². The third-order valence-electron chi connectivity index (χ3n) is 2.54. The molecule has 2 rings (SSSR count). The first-order valence-electron chi connectivity index (χ1n) is 4.83. The van der Waals surface area contributed by atoms with Gasteiger partial charge in [0.25, 0.3) is 0 Å². The number of rotatable bonds is 3. The molecule has 0 aromatic carbocycles. The van der Waals surface area contributed by atoms with Crippen LogP contribution in [0.1, 0.15) is 23.1 Å². The van der Waals surface area contributed by atoms with Gasteiger partial charge in [0.05, 0.1) is 14.2 Å². The van der Waals surface area contributed by atoms with Crippen LogP contribution >= 0.6 is 50.5 Å². The van der Waals surface area contributed by atoms with Crippen molar-refractivity contribution in [2.75, 3.05) is 13.2 Å². The minimum Gasteiger partial charge on any atom is -0.381 e. The van der Waals surface area contributed by atoms with Gasteiger partial charge in [0.1, 0.15) is 0 Å². The third kappa shape index (κ3) is 3.10. The van der Waals surface area contributed by atoms with Gasteiger partial charge in [-0.1, -0.05) is 11.6 Å². The molecule has 84 valence electrons. The molecule has 1 aromatic heterocycles. The molecule has 0 radical (unpaired) electrons. The molecule has 2 unspecified atom stereocenters. The Kier molecular flexibility index (Phi) is 4.36. The Morgan fingerprint density at radius 3 is 3.00 bits per heavy atom. The second-order valence-electron chi connectivity index (χ2n) is 3.70. The first-order chi connectivity index (χ1) is 7.16. The van der Waals surface area contributed by atoms with Gasteiger partial charge in [-0.2, -0.15) is 0 Å². The molecule has 0 saturated carbocycles. The fourth-order valence-electron chi connectivity index (χ4n) is 1.70. The molecule has 15 heavy (non-hydrogen) atoms. The standard InChI is InChI=1S/C10H11BrCl2OS/c11-10-8(13)4-9(15-10)7(12)3-6-1-2-14-5-6/h4,6-7H,1-3,5H2. The van der Waals surface area contributed by atoms with Crippen LogP contribution in [0.5, 0.6) is 0 Å². The summed E-state index contributed by atoms with van der Waals surface area (Å²) >= 11 is 17.3. The van der Waals surface area contributed by atoms with Crippen LogP contribution in [0.25, 0.3) is 0 Å². The summed E-state index contributed by atoms with van der Waals surface area (Å²) in [5.74, 6) is 0.604. The SMILES string of the molecule is Clc1cc(C(Cl)CC2CCOC2)sc1Br. The Labute approximate surface area is 112 Å². The summed E-state index contributed by atoms with van der Waals surface area (Å²) in [6.07, 6.45) is 2.11. The smallest absolute Gasteiger partial charge is 0.0887 e. The monoisotopic (exact) mass is 328 g/mol. The minimum absolute atomic E-state index is 0.0606. The summed E-state index contributed by atoms with van der Waals surface area (Å²) in [5.41, 5.74) is 0. The average Bonchev–Trinajstić information content (AvgIpc) is 2.78. The Morgan fingerprint density at radius 2 is 2.47 bits per heavy atom. The van der Waals surface area contributed by atoms with Crippen molar-refractivity contribution in [1.29, 1.82) is 0 Å². The van der Waals surface area contributed by atoms with Crippen LogP contribution in [0.2, 0.25) is 5.02 Å². The van der Waals surface area contributed by atoms with Gasteiger partial charge >= 0.3 is 0 Å². The maximum atomic E-state index is 6.35. The van der Waals surface area contributed by atoms with E-state index in [1.54, 1.807) is 11.3 Å². The first-order valence-corrected chi connectivity index (χ1v) is 7.25. The molecule has 0 spiro atoms. The summed E-state index contributed by atoms with van der Waals surface area (Å²) < 4.78 is 6.30. The molecular weight excluding hydrogens is 319 g/mol. The fourth-order valence-corrected chi connectivity index (χ4v) is 3.88. The van der Waals surface area contributed by atoms with Gasteiger partial charge in [-0.3, -0.25) is 0 Å². The Morgan fingerprint density at radius 1 is 1.67 bits per heavy atom. The highest BCUT2D eigenvalue weighted by Gasteiger charge is 2.22. The van der Waals surface area contributed by atoms with E-state index in [0.29, 0.717) is 5.92 Å². The zero-order valence-electron chi connectivity index (χ0n) is 8.01. The minimum atomic E-state index is 0.0606. The van der Waals surface area contributed by atoms with E-state index in [9.17, 15) is 0 Å². The van der Waals surface area contributed by atoms with Crippen LogP contribution in [0.3, 0.4) is 0 Å². The van der Waals surface area contributed by atoms with E-state index in [1.807, 2.05) is 6.07 Å². The number of hydrogen-bond donors (Lipinski definition) is 0. The molecule has 0 bridgehead atoms. The molecule has 2 atom stereocenters. The summed E-state index contributed by atoms with van der Waals surface area (Å²) in [6.45, 7) is 1.73. The quantitative estimate of drug-likeness (QED) is 0.719. The lowest BCUT2D eigenvalue weighted by molar-refractivity contribution is 0.184. The van der Waals surface area contributed by atoms with Crippen LogP contribution in [0.4, 0.5) is 0 Å². The molecule has 1 fully saturated rings. The normalized spacial score (nSPS) is 23.3. The van der Waals surface area contributed by atoms with Crippen LogP contribution in [0, 0.1) is 5.92 Å². The molecule has 1 nitrogen and oxygen atoms in total. The molecule has 2 heterocycles. The first kappa shape index (κ1) is 12.2. The van der Waals surface area contributed by atoms with E-state index in [2.05, 4.69) is 15.9 Å². The second-order valence-corrected chi connectivity index (χ2v) is 7.04. The number of alkyl halides is 1. The topological polar surface area (TPSA) is 9.23 Å². The van der Waals surface area contributed by atoms with Crippen LogP contribution in [-0.4, -0.2) is 13.2 Å². The number of halogens is 3. The molecular formula is C10H11BrCl2OS. The summed E-state index contributed by atoms with van der Waals surface area (Å²) in [7, 11) is 0. The number of thiophene rings is 1. The summed E-state index contributed by atoms with van der Waals surface area (Å²) in [6, 6.07) is 1.95. The van der Waals surface area contributed by atoms with Crippen molar-refractivity contribution in [2.24, 2.45) is 5.92 Å². The Hall–Kier alpha value is 0.720.